The van der Waals surface area contributed by atoms with Crippen LogP contribution in [0.4, 0.5) is 8.78 Å². The topological polar surface area (TPSA) is 75.0 Å². The lowest BCUT2D eigenvalue weighted by Crippen LogP contribution is -2.06. The lowest BCUT2D eigenvalue weighted by Gasteiger charge is -2.10. The van der Waals surface area contributed by atoms with E-state index in [9.17, 15) is 18.4 Å². The Morgan fingerprint density at radius 3 is 2.69 bits per heavy atom. The SMILES string of the molecule is COC(=O)c1cc(/C=C/C(=O)OCc2ccccc2OC(F)F)oc1C. The zero-order valence-corrected chi connectivity index (χ0v) is 14.0. The molecule has 0 N–H and O–H groups in total. The molecule has 1 heterocycles. The van der Waals surface area contributed by atoms with E-state index >= 15 is 0 Å². The van der Waals surface area contributed by atoms with Gasteiger partial charge in [0.2, 0.25) is 0 Å². The average molecular weight is 366 g/mol. The molecule has 0 spiro atoms. The lowest BCUT2D eigenvalue weighted by molar-refractivity contribution is -0.139. The second kappa shape index (κ2) is 8.80. The molecule has 6 nitrogen and oxygen atoms in total. The Morgan fingerprint density at radius 2 is 2.00 bits per heavy atom. The number of methoxy groups -OCH3 is 1. The van der Waals surface area contributed by atoms with Crippen molar-refractivity contribution in [1.29, 1.82) is 0 Å². The zero-order chi connectivity index (χ0) is 19.1. The number of rotatable bonds is 7. The minimum absolute atomic E-state index is 0.0661. The minimum atomic E-state index is -2.97. The van der Waals surface area contributed by atoms with Gasteiger partial charge in [-0.1, -0.05) is 18.2 Å². The summed E-state index contributed by atoms with van der Waals surface area (Å²) < 4.78 is 43.9. The van der Waals surface area contributed by atoms with Crippen LogP contribution in [0.1, 0.15) is 27.4 Å². The molecule has 26 heavy (non-hydrogen) atoms. The summed E-state index contributed by atoms with van der Waals surface area (Å²) in [7, 11) is 1.25. The van der Waals surface area contributed by atoms with Crippen molar-refractivity contribution in [2.45, 2.75) is 20.1 Å². The number of halogens is 2. The van der Waals surface area contributed by atoms with Crippen LogP contribution in [0.3, 0.4) is 0 Å². The van der Waals surface area contributed by atoms with Gasteiger partial charge in [0.05, 0.1) is 7.11 Å². The average Bonchev–Trinajstić information content (AvgIpc) is 2.99. The van der Waals surface area contributed by atoms with Crippen LogP contribution in [0.25, 0.3) is 6.08 Å². The highest BCUT2D eigenvalue weighted by Gasteiger charge is 2.14. The van der Waals surface area contributed by atoms with E-state index in [-0.39, 0.29) is 23.7 Å². The van der Waals surface area contributed by atoms with Crippen LogP contribution >= 0.6 is 0 Å². The standard InChI is InChI=1S/C18H16F2O6/c1-11-14(17(22)23-2)9-13(25-11)7-8-16(21)24-10-12-5-3-4-6-15(12)26-18(19)20/h3-9,18H,10H2,1-2H3/b8-7+. The van der Waals surface area contributed by atoms with Crippen molar-refractivity contribution in [2.24, 2.45) is 0 Å². The fraction of sp³-hybridized carbons (Fsp3) is 0.222. The predicted molar refractivity (Wildman–Crippen MR) is 86.7 cm³/mol. The van der Waals surface area contributed by atoms with E-state index in [2.05, 4.69) is 9.47 Å². The Balaban J connectivity index is 1.97. The van der Waals surface area contributed by atoms with Crippen LogP contribution in [0.5, 0.6) is 5.75 Å². The highest BCUT2D eigenvalue weighted by molar-refractivity contribution is 5.92. The van der Waals surface area contributed by atoms with Crippen molar-refractivity contribution in [3.63, 3.8) is 0 Å². The Morgan fingerprint density at radius 1 is 1.27 bits per heavy atom. The first-order valence-corrected chi connectivity index (χ1v) is 7.47. The van der Waals surface area contributed by atoms with E-state index in [1.54, 1.807) is 13.0 Å². The summed E-state index contributed by atoms with van der Waals surface area (Å²) in [5, 5.41) is 0. The van der Waals surface area contributed by atoms with E-state index < -0.39 is 18.6 Å². The number of carbonyl (C=O) groups excluding carboxylic acids is 2. The number of alkyl halides is 2. The molecule has 2 rings (SSSR count). The van der Waals surface area contributed by atoms with Gasteiger partial charge in [0.15, 0.2) is 0 Å². The molecular formula is C18H16F2O6. The number of hydrogen-bond acceptors (Lipinski definition) is 6. The summed E-state index contributed by atoms with van der Waals surface area (Å²) in [6.45, 7) is -1.63. The number of furan rings is 1. The fourth-order valence-corrected chi connectivity index (χ4v) is 2.08. The van der Waals surface area contributed by atoms with E-state index in [1.165, 1.54) is 37.5 Å². The molecule has 0 saturated heterocycles. The van der Waals surface area contributed by atoms with E-state index in [0.717, 1.165) is 6.08 Å². The summed E-state index contributed by atoms with van der Waals surface area (Å²) in [4.78, 5) is 23.3. The first-order valence-electron chi connectivity index (χ1n) is 7.47. The summed E-state index contributed by atoms with van der Waals surface area (Å²) in [5.74, 6) is -0.720. The number of aryl methyl sites for hydroxylation is 1. The number of ether oxygens (including phenoxy) is 3. The molecule has 0 saturated carbocycles. The molecule has 0 fully saturated rings. The van der Waals surface area contributed by atoms with Gasteiger partial charge in [-0.2, -0.15) is 8.78 Å². The Kier molecular flexibility index (Phi) is 6.48. The second-order valence-electron chi connectivity index (χ2n) is 5.04. The molecule has 0 unspecified atom stereocenters. The van der Waals surface area contributed by atoms with Crippen molar-refractivity contribution >= 4 is 18.0 Å². The molecule has 0 atom stereocenters. The highest BCUT2D eigenvalue weighted by atomic mass is 19.3. The predicted octanol–water partition coefficient (Wildman–Crippen LogP) is 3.73. The van der Waals surface area contributed by atoms with Gasteiger partial charge in [-0.25, -0.2) is 9.59 Å². The third kappa shape index (κ3) is 5.17. The first kappa shape index (κ1) is 19.2. The summed E-state index contributed by atoms with van der Waals surface area (Å²) in [6, 6.07) is 7.42. The van der Waals surface area contributed by atoms with Crippen molar-refractivity contribution < 1.29 is 37.0 Å². The number of benzene rings is 1. The van der Waals surface area contributed by atoms with Gasteiger partial charge >= 0.3 is 18.6 Å². The summed E-state index contributed by atoms with van der Waals surface area (Å²) in [5.41, 5.74) is 0.551. The second-order valence-corrected chi connectivity index (χ2v) is 5.04. The molecule has 0 bridgehead atoms. The van der Waals surface area contributed by atoms with Crippen molar-refractivity contribution in [2.75, 3.05) is 7.11 Å². The van der Waals surface area contributed by atoms with Crippen LogP contribution in [0.2, 0.25) is 0 Å². The van der Waals surface area contributed by atoms with Gasteiger partial charge in [-0.15, -0.1) is 0 Å². The summed E-state index contributed by atoms with van der Waals surface area (Å²) in [6.07, 6.45) is 2.42. The molecule has 0 amide bonds. The monoisotopic (exact) mass is 366 g/mol. The van der Waals surface area contributed by atoms with Gasteiger partial charge in [0.1, 0.15) is 29.4 Å². The molecule has 8 heteroatoms. The van der Waals surface area contributed by atoms with Crippen molar-refractivity contribution in [3.05, 3.63) is 59.1 Å². The Labute approximate surface area is 148 Å². The third-order valence-electron chi connectivity index (χ3n) is 3.28. The van der Waals surface area contributed by atoms with E-state index in [0.29, 0.717) is 11.3 Å². The maximum Gasteiger partial charge on any atom is 0.387 e. The molecule has 1 aromatic heterocycles. The van der Waals surface area contributed by atoms with Crippen LogP contribution in [0.15, 0.2) is 40.8 Å². The normalized spacial score (nSPS) is 11.0. The maximum absolute atomic E-state index is 12.3. The number of esters is 2. The van der Waals surface area contributed by atoms with Crippen LogP contribution in [0, 0.1) is 6.92 Å². The van der Waals surface area contributed by atoms with Crippen molar-refractivity contribution in [3.8, 4) is 5.75 Å². The largest absolute Gasteiger partial charge is 0.465 e. The quantitative estimate of drug-likeness (QED) is 0.549. The number of hydrogen-bond donors (Lipinski definition) is 0. The molecular weight excluding hydrogens is 350 g/mol. The zero-order valence-electron chi connectivity index (χ0n) is 14.0. The minimum Gasteiger partial charge on any atom is -0.465 e. The first-order chi connectivity index (χ1) is 12.4. The highest BCUT2D eigenvalue weighted by Crippen LogP contribution is 2.21. The molecule has 138 valence electrons. The van der Waals surface area contributed by atoms with Crippen LogP contribution < -0.4 is 4.74 Å². The van der Waals surface area contributed by atoms with Gasteiger partial charge in [0.25, 0.3) is 0 Å². The molecule has 2 aromatic rings. The van der Waals surface area contributed by atoms with E-state index in [4.69, 9.17) is 9.15 Å². The maximum atomic E-state index is 12.3. The number of para-hydroxylation sites is 1. The van der Waals surface area contributed by atoms with Gasteiger partial charge in [0, 0.05) is 11.6 Å². The van der Waals surface area contributed by atoms with E-state index in [1.807, 2.05) is 0 Å². The Bertz CT molecular complexity index is 810. The number of carbonyl (C=O) groups is 2. The molecule has 0 aliphatic heterocycles. The van der Waals surface area contributed by atoms with Crippen LogP contribution in [-0.4, -0.2) is 25.7 Å². The fourth-order valence-electron chi connectivity index (χ4n) is 2.08. The van der Waals surface area contributed by atoms with Gasteiger partial charge in [-0.05, 0) is 25.1 Å². The lowest BCUT2D eigenvalue weighted by atomic mass is 10.2. The molecule has 0 aliphatic carbocycles. The third-order valence-corrected chi connectivity index (χ3v) is 3.28. The molecule has 0 radical (unpaired) electrons. The molecule has 1 aromatic carbocycles. The summed E-state index contributed by atoms with van der Waals surface area (Å²) >= 11 is 0. The van der Waals surface area contributed by atoms with Gasteiger partial charge < -0.3 is 18.6 Å². The van der Waals surface area contributed by atoms with Gasteiger partial charge in [-0.3, -0.25) is 0 Å². The smallest absolute Gasteiger partial charge is 0.387 e. The molecule has 0 aliphatic rings. The van der Waals surface area contributed by atoms with Crippen LogP contribution in [-0.2, 0) is 20.9 Å². The Hall–Kier alpha value is -3.16. The van der Waals surface area contributed by atoms with Crippen molar-refractivity contribution in [1.82, 2.24) is 0 Å².